The third-order valence-corrected chi connectivity index (χ3v) is 6.56. The molecule has 1 aromatic carbocycles. The first kappa shape index (κ1) is 24.7. The number of benzene rings is 1. The van der Waals surface area contributed by atoms with Gasteiger partial charge >= 0.3 is 0 Å². The Morgan fingerprint density at radius 2 is 1.91 bits per heavy atom. The van der Waals surface area contributed by atoms with Crippen LogP contribution in [0.15, 0.2) is 41.0 Å². The van der Waals surface area contributed by atoms with Crippen LogP contribution in [0.5, 0.6) is 11.5 Å². The topological polar surface area (TPSA) is 72.2 Å². The van der Waals surface area contributed by atoms with Crippen molar-refractivity contribution in [3.63, 3.8) is 0 Å². The molecule has 2 amide bonds. The molecule has 2 aromatic rings. The van der Waals surface area contributed by atoms with Gasteiger partial charge in [-0.05, 0) is 62.4 Å². The molecule has 0 saturated heterocycles. The number of carbonyl (C=O) groups is 2. The molecule has 1 saturated carbocycles. The van der Waals surface area contributed by atoms with E-state index in [1.54, 1.807) is 30.3 Å². The summed E-state index contributed by atoms with van der Waals surface area (Å²) >= 11 is 0. The average molecular weight is 457 g/mol. The third-order valence-electron chi connectivity index (χ3n) is 6.56. The zero-order valence-electron chi connectivity index (χ0n) is 20.2. The molecule has 1 fully saturated rings. The minimum absolute atomic E-state index is 0.0263. The second-order valence-electron chi connectivity index (χ2n) is 8.69. The van der Waals surface area contributed by atoms with Crippen LogP contribution in [-0.2, 0) is 22.6 Å². The van der Waals surface area contributed by atoms with Gasteiger partial charge in [0.2, 0.25) is 11.8 Å². The fourth-order valence-corrected chi connectivity index (χ4v) is 3.99. The van der Waals surface area contributed by atoms with Crippen molar-refractivity contribution in [1.29, 1.82) is 0 Å². The number of methoxy groups -OCH3 is 2. The van der Waals surface area contributed by atoms with Gasteiger partial charge in [-0.25, -0.2) is 0 Å². The van der Waals surface area contributed by atoms with Crippen molar-refractivity contribution >= 4 is 11.8 Å². The van der Waals surface area contributed by atoms with E-state index in [4.69, 9.17) is 13.9 Å². The van der Waals surface area contributed by atoms with Crippen molar-refractivity contribution in [3.05, 3.63) is 47.9 Å². The number of carbonyl (C=O) groups excluding carboxylic acids is 2. The van der Waals surface area contributed by atoms with Gasteiger partial charge in [0, 0.05) is 18.5 Å². The van der Waals surface area contributed by atoms with Gasteiger partial charge in [0.05, 0.1) is 27.0 Å². The quantitative estimate of drug-likeness (QED) is 0.476. The molecule has 1 aromatic heterocycles. The highest BCUT2D eigenvalue weighted by Crippen LogP contribution is 2.30. The molecule has 0 N–H and O–H groups in total. The molecule has 0 radical (unpaired) electrons. The molecular weight excluding hydrogens is 420 g/mol. The molecule has 0 unspecified atom stereocenters. The lowest BCUT2D eigenvalue weighted by Crippen LogP contribution is -2.49. The lowest BCUT2D eigenvalue weighted by molar-refractivity contribution is -0.147. The fourth-order valence-electron chi connectivity index (χ4n) is 3.99. The van der Waals surface area contributed by atoms with Gasteiger partial charge in [-0.3, -0.25) is 9.59 Å². The van der Waals surface area contributed by atoms with Crippen LogP contribution < -0.4 is 9.47 Å². The summed E-state index contributed by atoms with van der Waals surface area (Å²) in [5, 5.41) is 0. The lowest BCUT2D eigenvalue weighted by Gasteiger charge is -2.36. The van der Waals surface area contributed by atoms with Gasteiger partial charge in [-0.1, -0.05) is 19.4 Å². The van der Waals surface area contributed by atoms with Crippen molar-refractivity contribution in [1.82, 2.24) is 9.80 Å². The van der Waals surface area contributed by atoms with Gasteiger partial charge in [0.15, 0.2) is 11.5 Å². The molecule has 33 heavy (non-hydrogen) atoms. The Bertz CT molecular complexity index is 907. The summed E-state index contributed by atoms with van der Waals surface area (Å²) in [6.07, 6.45) is 6.01. The summed E-state index contributed by atoms with van der Waals surface area (Å²) in [7, 11) is 3.21. The summed E-state index contributed by atoms with van der Waals surface area (Å²) < 4.78 is 16.2. The Morgan fingerprint density at radius 3 is 2.48 bits per heavy atom. The molecular formula is C26H36N2O5. The first-order chi connectivity index (χ1) is 16.0. The zero-order valence-corrected chi connectivity index (χ0v) is 20.2. The maximum Gasteiger partial charge on any atom is 0.242 e. The minimum atomic E-state index is -0.0696. The smallest absolute Gasteiger partial charge is 0.242 e. The second kappa shape index (κ2) is 11.8. The number of ether oxygens (including phenoxy) is 2. The first-order valence-electron chi connectivity index (χ1n) is 11.8. The van der Waals surface area contributed by atoms with E-state index in [0.717, 1.165) is 37.0 Å². The van der Waals surface area contributed by atoms with Crippen molar-refractivity contribution in [2.75, 3.05) is 27.3 Å². The standard InChI is InChI=1S/C26H36N2O5/c1-5-19(2)28(26(30)21-8-6-9-21)18-25(29)27(17-22-10-7-15-33-22)14-13-20-11-12-23(31-3)24(16-20)32-4/h7,10-12,15-16,19,21H,5-6,8-9,13-14,17-18H2,1-4H3/t19-/m1/s1. The second-order valence-corrected chi connectivity index (χ2v) is 8.69. The van der Waals surface area contributed by atoms with Crippen LogP contribution in [0.3, 0.4) is 0 Å². The van der Waals surface area contributed by atoms with Crippen LogP contribution in [-0.4, -0.2) is 55.0 Å². The lowest BCUT2D eigenvalue weighted by atomic mass is 9.84. The summed E-state index contributed by atoms with van der Waals surface area (Å²) in [4.78, 5) is 30.0. The maximum absolute atomic E-state index is 13.4. The number of hydrogen-bond acceptors (Lipinski definition) is 5. The van der Waals surface area contributed by atoms with E-state index >= 15 is 0 Å². The Kier molecular flexibility index (Phi) is 8.80. The summed E-state index contributed by atoms with van der Waals surface area (Å²) in [6.45, 7) is 5.03. The van der Waals surface area contributed by atoms with Crippen molar-refractivity contribution in [2.45, 2.75) is 58.5 Å². The van der Waals surface area contributed by atoms with E-state index < -0.39 is 0 Å². The Morgan fingerprint density at radius 1 is 1.15 bits per heavy atom. The van der Waals surface area contributed by atoms with Gasteiger partial charge in [0.25, 0.3) is 0 Å². The Hall–Kier alpha value is -2.96. The molecule has 1 atom stereocenters. The van der Waals surface area contributed by atoms with Gasteiger partial charge < -0.3 is 23.7 Å². The van der Waals surface area contributed by atoms with E-state index in [1.807, 2.05) is 44.2 Å². The van der Waals surface area contributed by atoms with E-state index in [9.17, 15) is 9.59 Å². The van der Waals surface area contributed by atoms with Gasteiger partial charge in [-0.15, -0.1) is 0 Å². The number of rotatable bonds is 12. The maximum atomic E-state index is 13.4. The van der Waals surface area contributed by atoms with Crippen LogP contribution in [0.4, 0.5) is 0 Å². The third kappa shape index (κ3) is 6.30. The SMILES string of the molecule is CC[C@@H](C)N(CC(=O)N(CCc1ccc(OC)c(OC)c1)Cc1ccco1)C(=O)C1CCC1. The summed E-state index contributed by atoms with van der Waals surface area (Å²) in [5.41, 5.74) is 1.04. The number of nitrogens with zero attached hydrogens (tertiary/aromatic N) is 2. The summed E-state index contributed by atoms with van der Waals surface area (Å²) in [5.74, 6) is 2.16. The minimum Gasteiger partial charge on any atom is -0.493 e. The van der Waals surface area contributed by atoms with Crippen LogP contribution in [0.1, 0.15) is 50.9 Å². The monoisotopic (exact) mass is 456 g/mol. The van der Waals surface area contributed by atoms with Crippen LogP contribution in [0, 0.1) is 5.92 Å². The molecule has 1 aliphatic rings. The zero-order chi connectivity index (χ0) is 23.8. The Balaban J connectivity index is 1.73. The fraction of sp³-hybridized carbons (Fsp3) is 0.538. The Labute approximate surface area is 196 Å². The normalized spacial score (nSPS) is 14.3. The van der Waals surface area contributed by atoms with E-state index in [0.29, 0.717) is 31.0 Å². The number of furan rings is 1. The van der Waals surface area contributed by atoms with Crippen LogP contribution in [0.2, 0.25) is 0 Å². The van der Waals surface area contributed by atoms with Gasteiger partial charge in [-0.2, -0.15) is 0 Å². The largest absolute Gasteiger partial charge is 0.493 e. The molecule has 3 rings (SSSR count). The molecule has 0 bridgehead atoms. The predicted molar refractivity (Wildman–Crippen MR) is 126 cm³/mol. The highest BCUT2D eigenvalue weighted by molar-refractivity contribution is 5.86. The number of amides is 2. The van der Waals surface area contributed by atoms with Gasteiger partial charge in [0.1, 0.15) is 12.3 Å². The molecule has 7 heteroatoms. The van der Waals surface area contributed by atoms with E-state index in [1.165, 1.54) is 0 Å². The van der Waals surface area contributed by atoms with Crippen LogP contribution >= 0.6 is 0 Å². The molecule has 1 aliphatic carbocycles. The van der Waals surface area contributed by atoms with Crippen molar-refractivity contribution in [2.24, 2.45) is 5.92 Å². The molecule has 0 spiro atoms. The number of hydrogen-bond donors (Lipinski definition) is 0. The highest BCUT2D eigenvalue weighted by atomic mass is 16.5. The van der Waals surface area contributed by atoms with Crippen LogP contribution in [0.25, 0.3) is 0 Å². The molecule has 1 heterocycles. The molecule has 7 nitrogen and oxygen atoms in total. The molecule has 0 aliphatic heterocycles. The van der Waals surface area contributed by atoms with Crippen molar-refractivity contribution in [3.8, 4) is 11.5 Å². The predicted octanol–water partition coefficient (Wildman–Crippen LogP) is 4.30. The highest BCUT2D eigenvalue weighted by Gasteiger charge is 2.33. The van der Waals surface area contributed by atoms with E-state index in [-0.39, 0.29) is 30.3 Å². The summed E-state index contributed by atoms with van der Waals surface area (Å²) in [6, 6.07) is 9.48. The average Bonchev–Trinajstić information content (AvgIpc) is 3.31. The van der Waals surface area contributed by atoms with E-state index in [2.05, 4.69) is 0 Å². The van der Waals surface area contributed by atoms with Crippen molar-refractivity contribution < 1.29 is 23.5 Å². The molecule has 180 valence electrons. The first-order valence-corrected chi connectivity index (χ1v) is 11.8.